The third-order valence-electron chi connectivity index (χ3n) is 3.58. The van der Waals surface area contributed by atoms with Gasteiger partial charge < -0.3 is 9.47 Å². The van der Waals surface area contributed by atoms with E-state index in [1.165, 1.54) is 6.42 Å². The molecule has 1 saturated heterocycles. The van der Waals surface area contributed by atoms with Crippen LogP contribution >= 0.6 is 0 Å². The Bertz CT molecular complexity index is 265. The first kappa shape index (κ1) is 7.80. The lowest BCUT2D eigenvalue weighted by molar-refractivity contribution is -0.150. The average Bonchev–Trinajstić information content (AvgIpc) is 2.83. The lowest BCUT2D eigenvalue weighted by Gasteiger charge is -2.24. The highest BCUT2D eigenvalue weighted by atomic mass is 16.7. The predicted octanol–water partition coefficient (Wildman–Crippen LogP) is 1.40. The largest absolute Gasteiger partial charge is 0.460 e. The summed E-state index contributed by atoms with van der Waals surface area (Å²) in [5, 5.41) is 0. The molecule has 3 rings (SSSR count). The Balaban J connectivity index is 1.67. The molecule has 0 aromatic carbocycles. The van der Waals surface area contributed by atoms with Crippen LogP contribution in [0.25, 0.3) is 0 Å². The molecule has 0 radical (unpaired) electrons. The molecule has 0 N–H and O–H groups in total. The van der Waals surface area contributed by atoms with Crippen LogP contribution in [0.3, 0.4) is 0 Å². The topological polar surface area (TPSA) is 38.8 Å². The van der Waals surface area contributed by atoms with E-state index in [-0.39, 0.29) is 17.7 Å². The van der Waals surface area contributed by atoms with Crippen LogP contribution in [-0.4, -0.2) is 23.3 Å². The molecule has 1 atom stereocenters. The number of rotatable bonds is 2. The molecular formula is C10H14O3. The fourth-order valence-corrected chi connectivity index (χ4v) is 2.12. The van der Waals surface area contributed by atoms with E-state index in [4.69, 9.17) is 9.47 Å². The fraction of sp³-hybridized carbons (Fsp3) is 0.900. The lowest BCUT2D eigenvalue weighted by atomic mass is 9.76. The van der Waals surface area contributed by atoms with Crippen LogP contribution in [0.2, 0.25) is 0 Å². The summed E-state index contributed by atoms with van der Waals surface area (Å²) in [4.78, 5) is 11.6. The minimum absolute atomic E-state index is 0.112. The average molecular weight is 182 g/mol. The molecule has 0 amide bonds. The molecule has 3 aliphatic rings. The molecule has 1 aliphatic heterocycles. The molecule has 3 nitrogen and oxygen atoms in total. The van der Waals surface area contributed by atoms with Crippen molar-refractivity contribution in [2.24, 2.45) is 0 Å². The van der Waals surface area contributed by atoms with Crippen LogP contribution in [0, 0.1) is 0 Å². The highest BCUT2D eigenvalue weighted by Crippen LogP contribution is 2.60. The van der Waals surface area contributed by atoms with E-state index in [0.29, 0.717) is 0 Å². The Kier molecular flexibility index (Phi) is 1.25. The van der Waals surface area contributed by atoms with Gasteiger partial charge in [-0.15, -0.1) is 0 Å². The van der Waals surface area contributed by atoms with E-state index >= 15 is 0 Å². The Hall–Kier alpha value is -0.570. The van der Waals surface area contributed by atoms with Gasteiger partial charge in [-0.2, -0.15) is 0 Å². The zero-order chi connectivity index (χ0) is 9.10. The molecule has 1 unspecified atom stereocenters. The van der Waals surface area contributed by atoms with Gasteiger partial charge in [-0.3, -0.25) is 0 Å². The number of carbonyl (C=O) groups excluding carboxylic acids is 1. The zero-order valence-corrected chi connectivity index (χ0v) is 7.84. The van der Waals surface area contributed by atoms with Crippen molar-refractivity contribution in [2.45, 2.75) is 56.3 Å². The van der Waals surface area contributed by atoms with Crippen molar-refractivity contribution in [3.63, 3.8) is 0 Å². The molecule has 1 spiro atoms. The fourth-order valence-electron chi connectivity index (χ4n) is 2.12. The van der Waals surface area contributed by atoms with Crippen LogP contribution in [0.15, 0.2) is 0 Å². The highest BCUT2D eigenvalue weighted by molar-refractivity contribution is 5.85. The van der Waals surface area contributed by atoms with Crippen LogP contribution in [0.5, 0.6) is 0 Å². The van der Waals surface area contributed by atoms with E-state index in [0.717, 1.165) is 25.7 Å². The van der Waals surface area contributed by atoms with E-state index in [1.807, 2.05) is 6.92 Å². The quantitative estimate of drug-likeness (QED) is 0.478. The Morgan fingerprint density at radius 2 is 2.15 bits per heavy atom. The zero-order valence-electron chi connectivity index (χ0n) is 7.84. The molecule has 1 heterocycles. The van der Waals surface area contributed by atoms with Crippen molar-refractivity contribution in [3.8, 4) is 0 Å². The lowest BCUT2D eigenvalue weighted by Crippen LogP contribution is -2.37. The SMILES string of the molecule is CC1(C(=O)OC2CC2)OC12CCC2. The van der Waals surface area contributed by atoms with Crippen molar-refractivity contribution < 1.29 is 14.3 Å². The minimum atomic E-state index is -0.589. The summed E-state index contributed by atoms with van der Waals surface area (Å²) in [6.45, 7) is 1.87. The molecule has 0 aromatic heterocycles. The second kappa shape index (κ2) is 2.08. The Morgan fingerprint density at radius 1 is 1.46 bits per heavy atom. The van der Waals surface area contributed by atoms with Crippen LogP contribution in [0.1, 0.15) is 39.0 Å². The number of esters is 1. The first-order valence-corrected chi connectivity index (χ1v) is 5.08. The van der Waals surface area contributed by atoms with Gasteiger partial charge in [-0.05, 0) is 39.0 Å². The van der Waals surface area contributed by atoms with Crippen LogP contribution in [-0.2, 0) is 14.3 Å². The minimum Gasteiger partial charge on any atom is -0.460 e. The molecule has 72 valence electrons. The molecule has 2 saturated carbocycles. The Morgan fingerprint density at radius 3 is 2.54 bits per heavy atom. The molecule has 0 aromatic rings. The summed E-state index contributed by atoms with van der Waals surface area (Å²) in [7, 11) is 0. The maximum Gasteiger partial charge on any atom is 0.341 e. The van der Waals surface area contributed by atoms with Gasteiger partial charge in [0.15, 0.2) is 5.60 Å². The van der Waals surface area contributed by atoms with Crippen LogP contribution in [0.4, 0.5) is 0 Å². The number of hydrogen-bond donors (Lipinski definition) is 0. The summed E-state index contributed by atoms with van der Waals surface area (Å²) in [5.41, 5.74) is -0.702. The number of carbonyl (C=O) groups is 1. The monoisotopic (exact) mass is 182 g/mol. The van der Waals surface area contributed by atoms with Gasteiger partial charge in [0.2, 0.25) is 0 Å². The summed E-state index contributed by atoms with van der Waals surface area (Å²) in [6, 6.07) is 0. The van der Waals surface area contributed by atoms with Gasteiger partial charge in [-0.1, -0.05) is 0 Å². The molecular weight excluding hydrogens is 168 g/mol. The van der Waals surface area contributed by atoms with Crippen molar-refractivity contribution in [1.29, 1.82) is 0 Å². The van der Waals surface area contributed by atoms with Crippen molar-refractivity contribution >= 4 is 5.97 Å². The van der Waals surface area contributed by atoms with E-state index in [9.17, 15) is 4.79 Å². The van der Waals surface area contributed by atoms with Gasteiger partial charge >= 0.3 is 5.97 Å². The number of ether oxygens (including phenoxy) is 2. The summed E-state index contributed by atoms with van der Waals surface area (Å²) < 4.78 is 10.8. The maximum atomic E-state index is 11.6. The van der Waals surface area contributed by atoms with Gasteiger partial charge in [-0.25, -0.2) is 4.79 Å². The van der Waals surface area contributed by atoms with Crippen molar-refractivity contribution in [3.05, 3.63) is 0 Å². The Labute approximate surface area is 77.4 Å². The maximum absolute atomic E-state index is 11.6. The van der Waals surface area contributed by atoms with Crippen LogP contribution < -0.4 is 0 Å². The van der Waals surface area contributed by atoms with Gasteiger partial charge in [0.1, 0.15) is 11.7 Å². The summed E-state index contributed by atoms with van der Waals surface area (Å²) in [6.07, 6.45) is 5.52. The van der Waals surface area contributed by atoms with E-state index in [2.05, 4.69) is 0 Å². The number of hydrogen-bond acceptors (Lipinski definition) is 3. The molecule has 3 heteroatoms. The second-order valence-corrected chi connectivity index (χ2v) is 4.59. The third kappa shape index (κ3) is 0.909. The second-order valence-electron chi connectivity index (χ2n) is 4.59. The normalized spacial score (nSPS) is 39.8. The molecule has 13 heavy (non-hydrogen) atoms. The van der Waals surface area contributed by atoms with Crippen molar-refractivity contribution in [1.82, 2.24) is 0 Å². The first-order valence-electron chi connectivity index (χ1n) is 5.08. The van der Waals surface area contributed by atoms with Gasteiger partial charge in [0, 0.05) is 0 Å². The predicted molar refractivity (Wildman–Crippen MR) is 45.2 cm³/mol. The molecule has 0 bridgehead atoms. The van der Waals surface area contributed by atoms with E-state index in [1.54, 1.807) is 0 Å². The standard InChI is InChI=1S/C10H14O3/c1-9(8(11)12-7-3-4-7)10(13-9)5-2-6-10/h7H,2-6H2,1H3. The third-order valence-corrected chi connectivity index (χ3v) is 3.58. The van der Waals surface area contributed by atoms with E-state index < -0.39 is 5.60 Å². The smallest absolute Gasteiger partial charge is 0.341 e. The first-order chi connectivity index (χ1) is 6.16. The summed E-state index contributed by atoms with van der Waals surface area (Å²) >= 11 is 0. The van der Waals surface area contributed by atoms with Gasteiger partial charge in [0.05, 0.1) is 0 Å². The summed E-state index contributed by atoms with van der Waals surface area (Å²) in [5.74, 6) is -0.130. The number of epoxide rings is 1. The van der Waals surface area contributed by atoms with Gasteiger partial charge in [0.25, 0.3) is 0 Å². The molecule has 3 fully saturated rings. The van der Waals surface area contributed by atoms with Crippen molar-refractivity contribution in [2.75, 3.05) is 0 Å². The highest BCUT2D eigenvalue weighted by Gasteiger charge is 2.75. The molecule has 2 aliphatic carbocycles.